The number of carbonyl (C=O) groups excluding carboxylic acids is 1. The zero-order valence-electron chi connectivity index (χ0n) is 16.0. The van der Waals surface area contributed by atoms with Crippen LogP contribution in [0.2, 0.25) is 0 Å². The van der Waals surface area contributed by atoms with Crippen LogP contribution >= 0.6 is 0 Å². The number of amides is 1. The number of aliphatic hydroxyl groups is 1. The normalized spacial score (nSPS) is 11.6. The molecule has 6 heteroatoms. The second kappa shape index (κ2) is 10.4. The van der Waals surface area contributed by atoms with Gasteiger partial charge in [-0.05, 0) is 48.7 Å². The van der Waals surface area contributed by atoms with Gasteiger partial charge in [0.1, 0.15) is 12.4 Å². The molecule has 0 aliphatic heterocycles. The van der Waals surface area contributed by atoms with Crippen molar-refractivity contribution in [3.8, 4) is 17.2 Å². The summed E-state index contributed by atoms with van der Waals surface area (Å²) in [7, 11) is 3.18. The van der Waals surface area contributed by atoms with Gasteiger partial charge in [-0.2, -0.15) is 0 Å². The summed E-state index contributed by atoms with van der Waals surface area (Å²) < 4.78 is 16.0. The summed E-state index contributed by atoms with van der Waals surface area (Å²) in [6.07, 6.45) is 1.04. The van der Waals surface area contributed by atoms with Crippen molar-refractivity contribution in [3.05, 3.63) is 53.6 Å². The van der Waals surface area contributed by atoms with Crippen LogP contribution in [0.1, 0.15) is 30.5 Å². The minimum atomic E-state index is -0.163. The Morgan fingerprint density at radius 3 is 2.63 bits per heavy atom. The lowest BCUT2D eigenvalue weighted by Crippen LogP contribution is -2.26. The van der Waals surface area contributed by atoms with Crippen molar-refractivity contribution in [3.63, 3.8) is 0 Å². The summed E-state index contributed by atoms with van der Waals surface area (Å²) in [6.45, 7) is 2.06. The van der Waals surface area contributed by atoms with E-state index in [0.29, 0.717) is 24.3 Å². The zero-order chi connectivity index (χ0) is 19.6. The van der Waals surface area contributed by atoms with Crippen molar-refractivity contribution in [2.75, 3.05) is 27.4 Å². The van der Waals surface area contributed by atoms with Crippen LogP contribution in [0.4, 0.5) is 0 Å². The lowest BCUT2D eigenvalue weighted by molar-refractivity contribution is -0.121. The summed E-state index contributed by atoms with van der Waals surface area (Å²) in [5.74, 6) is 1.90. The molecule has 0 radical (unpaired) electrons. The lowest BCUT2D eigenvalue weighted by atomic mass is 10.1. The van der Waals surface area contributed by atoms with Gasteiger partial charge in [0.25, 0.3) is 0 Å². The maximum atomic E-state index is 12.3. The maximum Gasteiger partial charge on any atom is 0.220 e. The fraction of sp³-hybridized carbons (Fsp3) is 0.381. The number of ether oxygens (including phenoxy) is 3. The number of hydrogen-bond donors (Lipinski definition) is 2. The quantitative estimate of drug-likeness (QED) is 0.670. The number of aryl methyl sites for hydroxylation is 1. The van der Waals surface area contributed by atoms with Gasteiger partial charge in [-0.15, -0.1) is 0 Å². The molecule has 2 N–H and O–H groups in total. The first-order chi connectivity index (χ1) is 13.1. The molecule has 0 heterocycles. The lowest BCUT2D eigenvalue weighted by Gasteiger charge is -2.17. The third-order valence-corrected chi connectivity index (χ3v) is 4.19. The Morgan fingerprint density at radius 1 is 1.11 bits per heavy atom. The molecule has 1 amide bonds. The molecule has 0 saturated heterocycles. The smallest absolute Gasteiger partial charge is 0.220 e. The van der Waals surface area contributed by atoms with E-state index in [1.165, 1.54) is 0 Å². The Balaban J connectivity index is 1.93. The average Bonchev–Trinajstić information content (AvgIpc) is 2.70. The number of benzene rings is 2. The van der Waals surface area contributed by atoms with E-state index >= 15 is 0 Å². The molecule has 0 bridgehead atoms. The molecule has 0 aromatic heterocycles. The topological polar surface area (TPSA) is 77.0 Å². The van der Waals surface area contributed by atoms with E-state index in [0.717, 1.165) is 16.9 Å². The SMILES string of the molecule is COc1cccc(CCC(=O)N[C@@H](C)c2ccc(OCCO)c(OC)c2)c1. The number of aliphatic hydroxyl groups excluding tert-OH is 1. The van der Waals surface area contributed by atoms with E-state index in [-0.39, 0.29) is 25.2 Å². The summed E-state index contributed by atoms with van der Waals surface area (Å²) >= 11 is 0. The first-order valence-corrected chi connectivity index (χ1v) is 8.91. The number of nitrogens with one attached hydrogen (secondary N) is 1. The van der Waals surface area contributed by atoms with Crippen molar-refractivity contribution in [2.24, 2.45) is 0 Å². The van der Waals surface area contributed by atoms with Gasteiger partial charge in [-0.1, -0.05) is 18.2 Å². The van der Waals surface area contributed by atoms with Crippen LogP contribution in [0, 0.1) is 0 Å². The molecule has 6 nitrogen and oxygen atoms in total. The minimum absolute atomic E-state index is 0.0232. The van der Waals surface area contributed by atoms with Crippen molar-refractivity contribution in [1.29, 1.82) is 0 Å². The third kappa shape index (κ3) is 6.18. The Bertz CT molecular complexity index is 747. The molecule has 0 saturated carbocycles. The van der Waals surface area contributed by atoms with Gasteiger partial charge in [-0.3, -0.25) is 4.79 Å². The number of rotatable bonds is 10. The Kier molecular flexibility index (Phi) is 7.95. The van der Waals surface area contributed by atoms with Gasteiger partial charge in [0, 0.05) is 6.42 Å². The van der Waals surface area contributed by atoms with Crippen molar-refractivity contribution >= 4 is 5.91 Å². The van der Waals surface area contributed by atoms with Gasteiger partial charge < -0.3 is 24.6 Å². The third-order valence-electron chi connectivity index (χ3n) is 4.19. The highest BCUT2D eigenvalue weighted by Crippen LogP contribution is 2.30. The highest BCUT2D eigenvalue weighted by atomic mass is 16.5. The summed E-state index contributed by atoms with van der Waals surface area (Å²) in [5.41, 5.74) is 1.97. The van der Waals surface area contributed by atoms with Crippen LogP contribution in [0.5, 0.6) is 17.2 Å². The van der Waals surface area contributed by atoms with E-state index < -0.39 is 0 Å². The highest BCUT2D eigenvalue weighted by molar-refractivity contribution is 5.76. The Labute approximate surface area is 160 Å². The molecule has 0 spiro atoms. The maximum absolute atomic E-state index is 12.3. The molecule has 2 rings (SSSR count). The van der Waals surface area contributed by atoms with E-state index in [1.807, 2.05) is 43.3 Å². The summed E-state index contributed by atoms with van der Waals surface area (Å²) in [5, 5.41) is 11.9. The molecule has 1 atom stereocenters. The predicted molar refractivity (Wildman–Crippen MR) is 103 cm³/mol. The van der Waals surface area contributed by atoms with Gasteiger partial charge >= 0.3 is 0 Å². The van der Waals surface area contributed by atoms with E-state index in [9.17, 15) is 4.79 Å². The molecular weight excluding hydrogens is 346 g/mol. The second-order valence-corrected chi connectivity index (χ2v) is 6.12. The molecule has 146 valence electrons. The van der Waals surface area contributed by atoms with Gasteiger partial charge in [0.05, 0.1) is 26.9 Å². The van der Waals surface area contributed by atoms with Crippen molar-refractivity contribution in [1.82, 2.24) is 5.32 Å². The second-order valence-electron chi connectivity index (χ2n) is 6.12. The van der Waals surface area contributed by atoms with Crippen LogP contribution in [-0.2, 0) is 11.2 Å². The van der Waals surface area contributed by atoms with Crippen LogP contribution < -0.4 is 19.5 Å². The van der Waals surface area contributed by atoms with Crippen LogP contribution in [0.25, 0.3) is 0 Å². The number of hydrogen-bond acceptors (Lipinski definition) is 5. The molecule has 2 aromatic rings. The van der Waals surface area contributed by atoms with E-state index in [1.54, 1.807) is 20.3 Å². The molecule has 0 aliphatic carbocycles. The van der Waals surface area contributed by atoms with Crippen molar-refractivity contribution < 1.29 is 24.1 Å². The molecule has 2 aromatic carbocycles. The standard InChI is InChI=1S/C21H27NO5/c1-15(17-8-9-19(27-12-11-23)20(14-17)26-3)22-21(24)10-7-16-5-4-6-18(13-16)25-2/h4-6,8-9,13-15,23H,7,10-12H2,1-3H3,(H,22,24)/t15-/m0/s1. The Morgan fingerprint density at radius 2 is 1.93 bits per heavy atom. The average molecular weight is 373 g/mol. The van der Waals surface area contributed by atoms with Crippen LogP contribution in [0.3, 0.4) is 0 Å². The molecule has 0 unspecified atom stereocenters. The molecule has 0 aliphatic rings. The molecule has 0 fully saturated rings. The first kappa shape index (κ1) is 20.6. The van der Waals surface area contributed by atoms with Crippen LogP contribution in [-0.4, -0.2) is 38.4 Å². The monoisotopic (exact) mass is 373 g/mol. The Hall–Kier alpha value is -2.73. The predicted octanol–water partition coefficient (Wildman–Crippen LogP) is 2.88. The number of carbonyl (C=O) groups is 1. The zero-order valence-corrected chi connectivity index (χ0v) is 16.0. The van der Waals surface area contributed by atoms with Gasteiger partial charge in [0.2, 0.25) is 5.91 Å². The summed E-state index contributed by atoms with van der Waals surface area (Å²) in [6, 6.07) is 13.0. The molecule has 27 heavy (non-hydrogen) atoms. The molecular formula is C21H27NO5. The first-order valence-electron chi connectivity index (χ1n) is 8.91. The number of methoxy groups -OCH3 is 2. The van der Waals surface area contributed by atoms with Gasteiger partial charge in [0.15, 0.2) is 11.5 Å². The van der Waals surface area contributed by atoms with Crippen LogP contribution in [0.15, 0.2) is 42.5 Å². The van der Waals surface area contributed by atoms with Gasteiger partial charge in [-0.25, -0.2) is 0 Å². The largest absolute Gasteiger partial charge is 0.497 e. The summed E-state index contributed by atoms with van der Waals surface area (Å²) in [4.78, 5) is 12.3. The minimum Gasteiger partial charge on any atom is -0.497 e. The van der Waals surface area contributed by atoms with E-state index in [2.05, 4.69) is 5.32 Å². The van der Waals surface area contributed by atoms with Crippen molar-refractivity contribution in [2.45, 2.75) is 25.8 Å². The highest BCUT2D eigenvalue weighted by Gasteiger charge is 2.13. The van der Waals surface area contributed by atoms with E-state index in [4.69, 9.17) is 19.3 Å². The fourth-order valence-electron chi connectivity index (χ4n) is 2.71. The fourth-order valence-corrected chi connectivity index (χ4v) is 2.71.